The van der Waals surface area contributed by atoms with Crippen molar-refractivity contribution in [1.29, 1.82) is 0 Å². The Hall–Kier alpha value is -3.37. The Kier molecular flexibility index (Phi) is 6.26. The van der Waals surface area contributed by atoms with Gasteiger partial charge >= 0.3 is 0 Å². The normalized spacial score (nSPS) is 14.1. The van der Waals surface area contributed by atoms with E-state index < -0.39 is 21.8 Å². The second-order valence-corrected chi connectivity index (χ2v) is 14.9. The van der Waals surface area contributed by atoms with Crippen LogP contribution in [-0.4, -0.2) is 18.0 Å². The summed E-state index contributed by atoms with van der Waals surface area (Å²) in [5.74, 6) is 0. The molecule has 193 valence electrons. The van der Waals surface area contributed by atoms with Gasteiger partial charge in [0.05, 0.1) is 8.07 Å². The van der Waals surface area contributed by atoms with Crippen LogP contribution < -0.4 is 5.19 Å². The van der Waals surface area contributed by atoms with Crippen LogP contribution in [-0.2, 0) is 20.1 Å². The van der Waals surface area contributed by atoms with Crippen molar-refractivity contribution in [1.82, 2.24) is 9.97 Å². The van der Waals surface area contributed by atoms with Crippen molar-refractivity contribution >= 4 is 35.2 Å². The molecule has 0 bridgehead atoms. The molecule has 0 unspecified atom stereocenters. The van der Waals surface area contributed by atoms with E-state index in [9.17, 15) is 0 Å². The SMILES string of the molecule is C[Si](C)(C)c1cc[c-]c(-c2nccc3oc4ccccc4c23)c1.[2H]C([2H])([2H])c1c[c-]c(-c2ccc(C([2H])([2H])[2H])cn2)cc1.[Ir]. The van der Waals surface area contributed by atoms with Crippen molar-refractivity contribution in [3.8, 4) is 22.5 Å². The zero-order chi connectivity index (χ0) is 31.0. The van der Waals surface area contributed by atoms with Gasteiger partial charge in [-0.15, -0.1) is 70.4 Å². The van der Waals surface area contributed by atoms with Gasteiger partial charge in [-0.2, -0.15) is 0 Å². The Morgan fingerprint density at radius 2 is 1.63 bits per heavy atom. The predicted molar refractivity (Wildman–Crippen MR) is 157 cm³/mol. The molecule has 0 amide bonds. The van der Waals surface area contributed by atoms with Crippen LogP contribution in [0.3, 0.4) is 0 Å². The molecule has 0 aliphatic rings. The van der Waals surface area contributed by atoms with Crippen molar-refractivity contribution < 1.29 is 32.7 Å². The molecule has 0 spiro atoms. The molecule has 0 aliphatic carbocycles. The van der Waals surface area contributed by atoms with Crippen LogP contribution in [0.4, 0.5) is 0 Å². The third kappa shape index (κ3) is 6.02. The molecule has 6 rings (SSSR count). The van der Waals surface area contributed by atoms with Gasteiger partial charge in [-0.25, -0.2) is 0 Å². The Morgan fingerprint density at radius 3 is 2.34 bits per heavy atom. The number of aryl methyl sites for hydroxylation is 2. The maximum Gasteiger partial charge on any atom is 0.134 e. The van der Waals surface area contributed by atoms with Crippen LogP contribution in [0.2, 0.25) is 19.6 Å². The number of pyridine rings is 2. The van der Waals surface area contributed by atoms with Crippen molar-refractivity contribution in [3.63, 3.8) is 0 Å². The summed E-state index contributed by atoms with van der Waals surface area (Å²) in [4.78, 5) is 8.72. The maximum absolute atomic E-state index is 7.28. The van der Waals surface area contributed by atoms with Crippen LogP contribution in [0, 0.1) is 25.8 Å². The topological polar surface area (TPSA) is 38.9 Å². The second kappa shape index (κ2) is 11.6. The smallest absolute Gasteiger partial charge is 0.134 e. The fourth-order valence-electron chi connectivity index (χ4n) is 4.08. The second-order valence-electron chi connectivity index (χ2n) is 9.80. The maximum atomic E-state index is 7.28. The Balaban J connectivity index is 0.000000199. The monoisotopic (exact) mass is 697 g/mol. The van der Waals surface area contributed by atoms with Gasteiger partial charge in [0.1, 0.15) is 11.2 Å². The first-order valence-corrected chi connectivity index (χ1v) is 15.5. The molecule has 38 heavy (non-hydrogen) atoms. The third-order valence-corrected chi connectivity index (χ3v) is 8.11. The molecule has 6 aromatic rings. The Labute approximate surface area is 247 Å². The predicted octanol–water partition coefficient (Wildman–Crippen LogP) is 8.16. The Morgan fingerprint density at radius 1 is 0.816 bits per heavy atom. The van der Waals surface area contributed by atoms with E-state index in [0.29, 0.717) is 11.3 Å². The molecular formula is C33H30IrN2OSi-2. The molecule has 3 nitrogen and oxygen atoms in total. The molecular weight excluding hydrogens is 661 g/mol. The molecule has 3 aromatic heterocycles. The molecule has 0 saturated carbocycles. The molecule has 3 heterocycles. The number of furan rings is 1. The third-order valence-electron chi connectivity index (χ3n) is 6.06. The first-order valence-electron chi connectivity index (χ1n) is 15.0. The molecule has 0 fully saturated rings. The number of fused-ring (bicyclic) bond motifs is 3. The van der Waals surface area contributed by atoms with Gasteiger partial charge in [0, 0.05) is 51.5 Å². The standard InChI is InChI=1S/C20H18NOSi.C13H12N.Ir/c1-23(2,3)15-8-6-7-14(13-15)20-19-16-9-4-5-10-17(16)22-18(19)11-12-21-20;1-10-3-6-12(7-4-10)13-8-5-11(2)9-14-13;/h4-6,8-13H,1-3H3;3-6,8-9H,1-2H3;/q2*-1;/i;1D3,2D3;. The number of aromatic nitrogens is 2. The number of hydrogen-bond acceptors (Lipinski definition) is 3. The molecule has 3 aromatic carbocycles. The van der Waals surface area contributed by atoms with E-state index in [4.69, 9.17) is 12.6 Å². The van der Waals surface area contributed by atoms with E-state index in [1.165, 1.54) is 29.6 Å². The zero-order valence-electron chi connectivity index (χ0n) is 27.3. The van der Waals surface area contributed by atoms with Crippen LogP contribution in [0.5, 0.6) is 0 Å². The van der Waals surface area contributed by atoms with Crippen LogP contribution >= 0.6 is 0 Å². The first-order chi connectivity index (χ1) is 20.2. The van der Waals surface area contributed by atoms with Gasteiger partial charge < -0.3 is 14.4 Å². The number of rotatable bonds is 3. The van der Waals surface area contributed by atoms with E-state index in [2.05, 4.69) is 59.9 Å². The van der Waals surface area contributed by atoms with Crippen molar-refractivity contribution in [3.05, 3.63) is 115 Å². The number of nitrogens with zero attached hydrogens (tertiary/aromatic N) is 2. The summed E-state index contributed by atoms with van der Waals surface area (Å²) in [6.07, 6.45) is 3.11. The minimum Gasteiger partial charge on any atom is -0.457 e. The summed E-state index contributed by atoms with van der Waals surface area (Å²) < 4.78 is 49.6. The van der Waals surface area contributed by atoms with E-state index in [0.717, 1.165) is 33.2 Å². The van der Waals surface area contributed by atoms with Crippen LogP contribution in [0.1, 0.15) is 19.4 Å². The summed E-state index contributed by atoms with van der Waals surface area (Å²) in [5.41, 5.74) is 5.32. The van der Waals surface area contributed by atoms with Crippen LogP contribution in [0.25, 0.3) is 44.5 Å². The van der Waals surface area contributed by atoms with Gasteiger partial charge in [-0.05, 0) is 35.9 Å². The fraction of sp³-hybridized carbons (Fsp3) is 0.152. The van der Waals surface area contributed by atoms with Crippen molar-refractivity contribution in [2.45, 2.75) is 33.3 Å². The zero-order valence-corrected chi connectivity index (χ0v) is 24.7. The average Bonchev–Trinajstić information content (AvgIpc) is 3.35. The Bertz CT molecular complexity index is 1820. The summed E-state index contributed by atoms with van der Waals surface area (Å²) in [6, 6.07) is 30.3. The van der Waals surface area contributed by atoms with E-state index in [1.807, 2.05) is 36.5 Å². The van der Waals surface area contributed by atoms with Crippen LogP contribution in [0.15, 0.2) is 95.7 Å². The average molecular weight is 697 g/mol. The first kappa shape index (κ1) is 20.6. The summed E-state index contributed by atoms with van der Waals surface area (Å²) in [6.45, 7) is 2.72. The van der Waals surface area contributed by atoms with Gasteiger partial charge in [0.15, 0.2) is 0 Å². The van der Waals surface area contributed by atoms with E-state index >= 15 is 0 Å². The van der Waals surface area contributed by atoms with E-state index in [1.54, 1.807) is 12.1 Å². The van der Waals surface area contributed by atoms with Gasteiger partial charge in [-0.1, -0.05) is 56.8 Å². The number of benzene rings is 3. The molecule has 0 atom stereocenters. The molecule has 0 saturated heterocycles. The number of hydrogen-bond donors (Lipinski definition) is 0. The molecule has 0 aliphatic heterocycles. The fourth-order valence-corrected chi connectivity index (χ4v) is 5.24. The minimum absolute atomic E-state index is 0. The molecule has 5 heteroatoms. The van der Waals surface area contributed by atoms with Gasteiger partial charge in [0.2, 0.25) is 0 Å². The van der Waals surface area contributed by atoms with E-state index in [-0.39, 0.29) is 31.2 Å². The summed E-state index contributed by atoms with van der Waals surface area (Å²) >= 11 is 0. The van der Waals surface area contributed by atoms with Crippen molar-refractivity contribution in [2.24, 2.45) is 0 Å². The molecule has 1 radical (unpaired) electrons. The quantitative estimate of drug-likeness (QED) is 0.139. The summed E-state index contributed by atoms with van der Waals surface area (Å²) in [5, 5.41) is 3.60. The molecule has 0 N–H and O–H groups in total. The summed E-state index contributed by atoms with van der Waals surface area (Å²) in [7, 11) is -1.37. The number of para-hydroxylation sites is 1. The van der Waals surface area contributed by atoms with Gasteiger partial charge in [0.25, 0.3) is 0 Å². The van der Waals surface area contributed by atoms with Crippen molar-refractivity contribution in [2.75, 3.05) is 0 Å². The minimum atomic E-state index is -2.18. The van der Waals surface area contributed by atoms with Gasteiger partial charge in [-0.3, -0.25) is 0 Å². The largest absolute Gasteiger partial charge is 0.457 e.